The molecule has 0 saturated heterocycles. The SMILES string of the molecule is CCN(CC)CCOC(=O)CN=C(C(Cl)=C(N)C(F)(F)F)c1ccc(-c2cccc(S(C)(=O)=O)c2)[nH]1. The maximum Gasteiger partial charge on any atom is 0.432 e. The Morgan fingerprint density at radius 2 is 1.86 bits per heavy atom. The Balaban J connectivity index is 2.37. The van der Waals surface area contributed by atoms with Crippen LogP contribution in [0.2, 0.25) is 0 Å². The highest BCUT2D eigenvalue weighted by molar-refractivity contribution is 7.90. The number of benzene rings is 1. The molecule has 0 unspecified atom stereocenters. The second-order valence-electron chi connectivity index (χ2n) is 7.72. The van der Waals surface area contributed by atoms with E-state index >= 15 is 0 Å². The molecule has 36 heavy (non-hydrogen) atoms. The van der Waals surface area contributed by atoms with Gasteiger partial charge >= 0.3 is 12.1 Å². The number of H-pyrrole nitrogens is 1. The number of nitrogens with one attached hydrogen (secondary N) is 1. The molecule has 0 fully saturated rings. The molecular weight excluding hydrogens is 521 g/mol. The molecule has 1 aromatic heterocycles. The summed E-state index contributed by atoms with van der Waals surface area (Å²) >= 11 is 5.97. The van der Waals surface area contributed by atoms with Gasteiger partial charge in [-0.2, -0.15) is 13.2 Å². The summed E-state index contributed by atoms with van der Waals surface area (Å²) in [6.45, 7) is 5.48. The van der Waals surface area contributed by atoms with Crippen LogP contribution in [0.15, 0.2) is 57.0 Å². The molecule has 0 amide bonds. The van der Waals surface area contributed by atoms with Crippen LogP contribution in [-0.4, -0.2) is 75.2 Å². The van der Waals surface area contributed by atoms with Crippen LogP contribution in [0, 0.1) is 0 Å². The summed E-state index contributed by atoms with van der Waals surface area (Å²) in [6, 6.07) is 8.91. The van der Waals surface area contributed by atoms with E-state index in [0.717, 1.165) is 19.3 Å². The number of nitrogens with two attached hydrogens (primary N) is 1. The number of hydrogen-bond acceptors (Lipinski definition) is 7. The number of rotatable bonds is 11. The number of alkyl halides is 3. The first-order chi connectivity index (χ1) is 16.8. The van der Waals surface area contributed by atoms with Gasteiger partial charge in [0.2, 0.25) is 0 Å². The smallest absolute Gasteiger partial charge is 0.432 e. The highest BCUT2D eigenvalue weighted by atomic mass is 35.5. The third-order valence-electron chi connectivity index (χ3n) is 5.20. The van der Waals surface area contributed by atoms with Crippen LogP contribution in [0.3, 0.4) is 0 Å². The number of nitrogens with zero attached hydrogens (tertiary/aromatic N) is 2. The Hall–Kier alpha value is -2.83. The zero-order valence-electron chi connectivity index (χ0n) is 20.0. The predicted molar refractivity (Wildman–Crippen MR) is 133 cm³/mol. The molecule has 8 nitrogen and oxygen atoms in total. The lowest BCUT2D eigenvalue weighted by Gasteiger charge is -2.17. The lowest BCUT2D eigenvalue weighted by atomic mass is 10.2. The van der Waals surface area contributed by atoms with Gasteiger partial charge in [0.1, 0.15) is 24.6 Å². The Bertz CT molecular complexity index is 1240. The van der Waals surface area contributed by atoms with E-state index in [2.05, 4.69) is 9.98 Å². The highest BCUT2D eigenvalue weighted by Gasteiger charge is 2.35. The van der Waals surface area contributed by atoms with Crippen LogP contribution in [0.25, 0.3) is 11.3 Å². The fourth-order valence-corrected chi connectivity index (χ4v) is 4.07. The van der Waals surface area contributed by atoms with Crippen LogP contribution in [-0.2, 0) is 19.4 Å². The molecule has 2 rings (SSSR count). The van der Waals surface area contributed by atoms with Gasteiger partial charge in [0.25, 0.3) is 0 Å². The topological polar surface area (TPSA) is 118 Å². The maximum absolute atomic E-state index is 13.2. The molecule has 0 aliphatic rings. The third-order valence-corrected chi connectivity index (χ3v) is 6.69. The van der Waals surface area contributed by atoms with Crippen molar-refractivity contribution in [2.75, 3.05) is 39.0 Å². The Morgan fingerprint density at radius 3 is 2.44 bits per heavy atom. The molecule has 1 aromatic carbocycles. The van der Waals surface area contributed by atoms with E-state index in [0.29, 0.717) is 17.8 Å². The zero-order valence-corrected chi connectivity index (χ0v) is 21.6. The summed E-state index contributed by atoms with van der Waals surface area (Å²) in [7, 11) is -3.48. The normalized spacial score (nSPS) is 13.6. The molecule has 2 aromatic rings. The van der Waals surface area contributed by atoms with Crippen LogP contribution in [0.1, 0.15) is 19.5 Å². The number of halogens is 4. The molecule has 0 bridgehead atoms. The second-order valence-corrected chi connectivity index (χ2v) is 10.1. The molecule has 0 radical (unpaired) electrons. The minimum Gasteiger partial charge on any atom is -0.463 e. The molecule has 0 aliphatic heterocycles. The predicted octanol–water partition coefficient (Wildman–Crippen LogP) is 3.73. The van der Waals surface area contributed by atoms with E-state index in [4.69, 9.17) is 22.1 Å². The number of sulfone groups is 1. The van der Waals surface area contributed by atoms with Gasteiger partial charge in [-0.15, -0.1) is 0 Å². The first-order valence-corrected chi connectivity index (χ1v) is 13.2. The van der Waals surface area contributed by atoms with Gasteiger partial charge in [0.05, 0.1) is 15.6 Å². The highest BCUT2D eigenvalue weighted by Crippen LogP contribution is 2.29. The minimum absolute atomic E-state index is 0.0444. The van der Waals surface area contributed by atoms with Crippen LogP contribution >= 0.6 is 11.6 Å². The monoisotopic (exact) mass is 548 g/mol. The molecule has 0 aliphatic carbocycles. The van der Waals surface area contributed by atoms with E-state index in [9.17, 15) is 26.4 Å². The summed E-state index contributed by atoms with van der Waals surface area (Å²) in [5, 5.41) is -0.892. The number of carbonyl (C=O) groups excluding carboxylic acids is 1. The molecule has 0 spiro atoms. The van der Waals surface area contributed by atoms with Crippen molar-refractivity contribution in [2.45, 2.75) is 24.9 Å². The number of aromatic amines is 1. The summed E-state index contributed by atoms with van der Waals surface area (Å²) in [5.74, 6) is -0.748. The van der Waals surface area contributed by atoms with Crippen molar-refractivity contribution in [3.8, 4) is 11.3 Å². The first kappa shape index (κ1) is 29.4. The van der Waals surface area contributed by atoms with E-state index < -0.39 is 45.0 Å². The minimum atomic E-state index is -4.93. The lowest BCUT2D eigenvalue weighted by Crippen LogP contribution is -2.28. The molecule has 0 saturated carbocycles. The fraction of sp³-hybridized carbons (Fsp3) is 0.391. The van der Waals surface area contributed by atoms with Gasteiger partial charge in [0.15, 0.2) is 9.84 Å². The zero-order chi connectivity index (χ0) is 27.1. The number of aromatic nitrogens is 1. The average molecular weight is 549 g/mol. The van der Waals surface area contributed by atoms with Crippen molar-refractivity contribution in [2.24, 2.45) is 10.7 Å². The van der Waals surface area contributed by atoms with Crippen molar-refractivity contribution in [3.63, 3.8) is 0 Å². The molecular formula is C23H28ClF3N4O4S. The van der Waals surface area contributed by atoms with Gasteiger partial charge in [-0.1, -0.05) is 37.6 Å². The third kappa shape index (κ3) is 8.10. The number of allylic oxidation sites excluding steroid dienone is 2. The molecule has 13 heteroatoms. The van der Waals surface area contributed by atoms with Crippen LogP contribution in [0.4, 0.5) is 13.2 Å². The molecule has 3 N–H and O–H groups in total. The van der Waals surface area contributed by atoms with Crippen molar-refractivity contribution in [1.29, 1.82) is 0 Å². The van der Waals surface area contributed by atoms with E-state index in [1.807, 2.05) is 18.7 Å². The van der Waals surface area contributed by atoms with Gasteiger partial charge < -0.3 is 20.4 Å². The first-order valence-electron chi connectivity index (χ1n) is 10.9. The summed E-state index contributed by atoms with van der Waals surface area (Å²) in [4.78, 5) is 21.1. The number of ether oxygens (including phenoxy) is 1. The van der Waals surface area contributed by atoms with Crippen molar-refractivity contribution < 1.29 is 31.1 Å². The second kappa shape index (κ2) is 12.4. The summed E-state index contributed by atoms with van der Waals surface area (Å²) < 4.78 is 68.5. The van der Waals surface area contributed by atoms with E-state index in [-0.39, 0.29) is 17.2 Å². The summed E-state index contributed by atoms with van der Waals surface area (Å²) in [6.07, 6.45) is -3.87. The Kier molecular flexibility index (Phi) is 10.1. The van der Waals surface area contributed by atoms with Gasteiger partial charge in [-0.05, 0) is 42.9 Å². The number of aliphatic imine (C=N–C) groups is 1. The number of esters is 1. The van der Waals surface area contributed by atoms with Gasteiger partial charge in [-0.25, -0.2) is 8.42 Å². The molecule has 198 valence electrons. The average Bonchev–Trinajstić information content (AvgIpc) is 3.30. The standard InChI is InChI=1S/C23H28ClF3N4O4S/c1-4-31(5-2)11-12-35-19(32)14-29-21(20(24)22(28)23(25,26)27)18-10-9-17(30-18)15-7-6-8-16(13-15)36(3,33)34/h6-10,13,30H,4-5,11-12,14,28H2,1-3H3. The molecule has 0 atom stereocenters. The van der Waals surface area contributed by atoms with Crippen molar-refractivity contribution in [3.05, 3.63) is 52.8 Å². The van der Waals surface area contributed by atoms with Crippen molar-refractivity contribution >= 4 is 33.1 Å². The summed E-state index contributed by atoms with van der Waals surface area (Å²) in [5.41, 5.74) is 4.14. The van der Waals surface area contributed by atoms with E-state index in [1.165, 1.54) is 30.3 Å². The van der Waals surface area contributed by atoms with Crippen LogP contribution < -0.4 is 5.73 Å². The maximum atomic E-state index is 13.2. The van der Waals surface area contributed by atoms with Crippen LogP contribution in [0.5, 0.6) is 0 Å². The Morgan fingerprint density at radius 1 is 1.19 bits per heavy atom. The lowest BCUT2D eigenvalue weighted by molar-refractivity contribution is -0.142. The molecule has 1 heterocycles. The number of hydrogen-bond donors (Lipinski definition) is 2. The van der Waals surface area contributed by atoms with E-state index in [1.54, 1.807) is 6.07 Å². The van der Waals surface area contributed by atoms with Crippen molar-refractivity contribution in [1.82, 2.24) is 9.88 Å². The number of carbonyl (C=O) groups is 1. The largest absolute Gasteiger partial charge is 0.463 e. The van der Waals surface area contributed by atoms with Gasteiger partial charge in [-0.3, -0.25) is 9.79 Å². The Labute approximate surface area is 212 Å². The fourth-order valence-electron chi connectivity index (χ4n) is 3.14. The quantitative estimate of drug-likeness (QED) is 0.326. The number of likely N-dealkylation sites (N-methyl/N-ethyl adjacent to an activating group) is 1. The van der Waals surface area contributed by atoms with Gasteiger partial charge in [0, 0.05) is 18.5 Å².